The third kappa shape index (κ3) is 9.55. The van der Waals surface area contributed by atoms with Crippen molar-refractivity contribution < 1.29 is 24.3 Å². The molecule has 8 bridgehead atoms. The molecule has 0 aromatic heterocycles. The Labute approximate surface area is 420 Å². The third-order valence-corrected chi connectivity index (χ3v) is 13.2. The molecule has 7 aliphatic heterocycles. The number of methoxy groups -OCH3 is 3. The van der Waals surface area contributed by atoms with Crippen LogP contribution >= 0.6 is 0 Å². The Kier molecular flexibility index (Phi) is 13.1. The maximum Gasteiger partial charge on any atom is 0.119 e. The van der Waals surface area contributed by atoms with Crippen molar-refractivity contribution in [1.29, 1.82) is 0 Å². The number of hydrogen-bond acceptors (Lipinski definition) is 9. The van der Waals surface area contributed by atoms with Gasteiger partial charge in [-0.05, 0) is 174 Å². The lowest BCUT2D eigenvalue weighted by Crippen LogP contribution is -2.71. The number of benzene rings is 4. The van der Waals surface area contributed by atoms with Crippen LogP contribution in [0.15, 0.2) is 249 Å². The Morgan fingerprint density at radius 2 is 0.722 bits per heavy atom. The first-order valence-electron chi connectivity index (χ1n) is 24.3. The highest BCUT2D eigenvalue weighted by Crippen LogP contribution is 2.39. The van der Waals surface area contributed by atoms with Gasteiger partial charge in [0, 0.05) is 41.2 Å². The van der Waals surface area contributed by atoms with Crippen LogP contribution in [0.4, 0.5) is 0 Å². The molecule has 4 aromatic carbocycles. The molecule has 11 rings (SSSR count). The predicted octanol–water partition coefficient (Wildman–Crippen LogP) is 11.5. The van der Waals surface area contributed by atoms with Crippen LogP contribution in [0.1, 0.15) is 41.5 Å². The highest BCUT2D eigenvalue weighted by molar-refractivity contribution is 6.39. The van der Waals surface area contributed by atoms with Gasteiger partial charge in [0.1, 0.15) is 23.0 Å². The first kappa shape index (κ1) is 45.6. The molecule has 0 radical (unpaired) electrons. The zero-order valence-electron chi connectivity index (χ0n) is 40.5. The average molecular weight is 946 g/mol. The molecule has 10 nitrogen and oxygen atoms in total. The van der Waals surface area contributed by atoms with Crippen LogP contribution < -0.4 is 24.3 Å². The van der Waals surface area contributed by atoms with Crippen molar-refractivity contribution in [3.8, 4) is 23.0 Å². The number of hydrogen-bond donors (Lipinski definition) is 1. The number of nitrogens with two attached hydrogens (primary N) is 1. The van der Waals surface area contributed by atoms with Gasteiger partial charge in [0.05, 0.1) is 86.0 Å². The molecule has 0 saturated heterocycles. The number of aliphatic imine (C=N–C) groups is 4. The number of unbranched alkanes of at least 4 members (excludes halogenated alkanes) is 2. The number of fused-ring (bicyclic) bond motifs is 4. The van der Waals surface area contributed by atoms with E-state index in [-0.39, 0.29) is 0 Å². The van der Waals surface area contributed by atoms with Gasteiger partial charge in [-0.3, -0.25) is 5.32 Å². The molecule has 0 saturated carbocycles. The molecule has 7 heterocycles. The molecule has 10 heteroatoms. The minimum atomic E-state index is 0.636. The van der Waals surface area contributed by atoms with E-state index in [4.69, 9.17) is 38.9 Å². The number of rotatable bonds is 14. The first-order chi connectivity index (χ1) is 35.5. The Morgan fingerprint density at radius 1 is 0.375 bits per heavy atom. The predicted molar refractivity (Wildman–Crippen MR) is 291 cm³/mol. The summed E-state index contributed by atoms with van der Waals surface area (Å²) in [6, 6.07) is 32.5. The van der Waals surface area contributed by atoms with E-state index >= 15 is 0 Å². The van der Waals surface area contributed by atoms with Gasteiger partial charge in [0.25, 0.3) is 0 Å². The monoisotopic (exact) mass is 945 g/mol. The molecular formula is C62H53N6O4+. The molecule has 0 atom stereocenters. The van der Waals surface area contributed by atoms with Gasteiger partial charge in [-0.15, -0.1) is 0 Å². The van der Waals surface area contributed by atoms with Crippen molar-refractivity contribution in [2.45, 2.75) is 19.3 Å². The van der Waals surface area contributed by atoms with Gasteiger partial charge in [-0.25, -0.2) is 20.0 Å². The molecule has 0 unspecified atom stereocenters. The molecular weight excluding hydrogens is 893 g/mol. The number of ether oxygens (including phenoxy) is 4. The summed E-state index contributed by atoms with van der Waals surface area (Å²) in [4.78, 5) is 23.9. The van der Waals surface area contributed by atoms with E-state index in [1.807, 2.05) is 53.8 Å². The van der Waals surface area contributed by atoms with E-state index in [1.54, 1.807) is 21.3 Å². The third-order valence-electron chi connectivity index (χ3n) is 13.2. The fraction of sp³-hybridized carbons (Fsp3) is 0.129. The summed E-state index contributed by atoms with van der Waals surface area (Å²) in [5, 5.41) is 2.05. The minimum Gasteiger partial charge on any atom is -0.497 e. The lowest BCUT2D eigenvalue weighted by molar-refractivity contribution is -0.515. The van der Waals surface area contributed by atoms with Crippen molar-refractivity contribution in [3.63, 3.8) is 0 Å². The van der Waals surface area contributed by atoms with E-state index in [9.17, 15) is 0 Å². The lowest BCUT2D eigenvalue weighted by Gasteiger charge is -2.19. The zero-order valence-corrected chi connectivity index (χ0v) is 40.5. The standard InChI is InChI=1S/C62H52N6O4/c1-69-47-15-7-43(8-16-47)59-51-23-25-53(64-51)60(44-9-17-48(70-2)18-10-44)55-27-29-57(66-55)62(58-30-28-56(67-58)61(54-26-24-52(59)65-54)45-11-19-49(71-3)20-12-45)46-13-21-50(22-14-46)72-40-6-4-5-37-68-38-33-42(34-39-68)41-31-35-63-36-32-41/h7-36,38-39,63H,4-6,37,40H2,1-3H3/p+1. The van der Waals surface area contributed by atoms with Crippen LogP contribution in [0.5, 0.6) is 23.0 Å². The lowest BCUT2D eigenvalue weighted by atomic mass is 9.98. The number of allylic oxidation sites excluding steroid dienone is 18. The van der Waals surface area contributed by atoms with E-state index in [1.165, 1.54) is 11.1 Å². The fourth-order valence-electron chi connectivity index (χ4n) is 9.45. The van der Waals surface area contributed by atoms with Gasteiger partial charge in [-0.1, -0.05) is 48.5 Å². The van der Waals surface area contributed by atoms with Gasteiger partial charge in [0.2, 0.25) is 0 Å². The van der Waals surface area contributed by atoms with Gasteiger partial charge >= 0.3 is 0 Å². The number of quaternary nitrogens is 1. The molecule has 2 N–H and O–H groups in total. The van der Waals surface area contributed by atoms with Crippen molar-refractivity contribution in [3.05, 3.63) is 251 Å². The molecule has 0 aliphatic carbocycles. The van der Waals surface area contributed by atoms with Crippen molar-refractivity contribution in [2.75, 3.05) is 34.5 Å². The van der Waals surface area contributed by atoms with Crippen LogP contribution in [0, 0.1) is 0 Å². The summed E-state index contributed by atoms with van der Waals surface area (Å²) in [7, 11) is 5.03. The smallest absolute Gasteiger partial charge is 0.119 e. The second-order valence-electron chi connectivity index (χ2n) is 17.7. The second kappa shape index (κ2) is 20.6. The zero-order chi connectivity index (χ0) is 48.8. The van der Waals surface area contributed by atoms with Crippen LogP contribution in [0.2, 0.25) is 0 Å². The molecule has 0 spiro atoms. The summed E-state index contributed by atoms with van der Waals surface area (Å²) in [5.41, 5.74) is 16.1. The Bertz CT molecular complexity index is 3300. The van der Waals surface area contributed by atoms with Gasteiger partial charge in [0.15, 0.2) is 0 Å². The topological polar surface area (TPSA) is 106 Å². The second-order valence-corrected chi connectivity index (χ2v) is 17.7. The Hall–Kier alpha value is -8.86. The van der Waals surface area contributed by atoms with Crippen molar-refractivity contribution in [1.82, 2.24) is 4.90 Å². The largest absolute Gasteiger partial charge is 0.497 e. The van der Waals surface area contributed by atoms with Gasteiger partial charge < -0.3 is 23.8 Å². The molecule has 0 fully saturated rings. The quantitative estimate of drug-likeness (QED) is 0.127. The molecule has 7 aliphatic rings. The molecule has 354 valence electrons. The van der Waals surface area contributed by atoms with Gasteiger partial charge in [-0.2, -0.15) is 0 Å². The summed E-state index contributed by atoms with van der Waals surface area (Å²) in [5.74, 6) is 3.11. The van der Waals surface area contributed by atoms with Crippen LogP contribution in [0.3, 0.4) is 0 Å². The van der Waals surface area contributed by atoms with Crippen LogP contribution in [0.25, 0.3) is 22.3 Å². The first-order valence-corrected chi connectivity index (χ1v) is 24.3. The van der Waals surface area contributed by atoms with Crippen LogP contribution in [-0.4, -0.2) is 62.2 Å². The van der Waals surface area contributed by atoms with Crippen molar-refractivity contribution >= 4 is 45.1 Å². The minimum absolute atomic E-state index is 0.636. The summed E-state index contributed by atoms with van der Waals surface area (Å²) < 4.78 is 23.0. The maximum atomic E-state index is 6.32. The van der Waals surface area contributed by atoms with Crippen molar-refractivity contribution in [2.24, 2.45) is 20.0 Å². The SMILES string of the molecule is COc1ccc(C2=C3C=CC(=N3)C(c3ccc(OC)cc3)=C3C=CC(=N3)C(c3ccc(OCCCCCN4C=CC(=C5C=C[NH2+]C=C5)C=C4)cc3)=C3C=CC(=N3)C(c3ccc(OC)cc3)=C3C=CC2=N3)cc1. The molecule has 0 amide bonds. The van der Waals surface area contributed by atoms with E-state index in [2.05, 4.69) is 151 Å². The fourth-order valence-corrected chi connectivity index (χ4v) is 9.45. The van der Waals surface area contributed by atoms with E-state index in [0.29, 0.717) is 6.61 Å². The normalized spacial score (nSPS) is 17.5. The highest BCUT2D eigenvalue weighted by Gasteiger charge is 2.28. The number of nitrogens with zero attached hydrogens (tertiary/aromatic N) is 5. The Balaban J connectivity index is 0.943. The van der Waals surface area contributed by atoms with E-state index in [0.717, 1.165) is 139 Å². The maximum absolute atomic E-state index is 6.32. The van der Waals surface area contributed by atoms with E-state index < -0.39 is 0 Å². The molecule has 4 aromatic rings. The summed E-state index contributed by atoms with van der Waals surface area (Å²) in [6.45, 7) is 1.60. The molecule has 72 heavy (non-hydrogen) atoms. The highest BCUT2D eigenvalue weighted by atomic mass is 16.5. The average Bonchev–Trinajstić information content (AvgIpc) is 4.30. The summed E-state index contributed by atoms with van der Waals surface area (Å²) >= 11 is 0. The summed E-state index contributed by atoms with van der Waals surface area (Å²) in [6.07, 6.45) is 36.8. The Morgan fingerprint density at radius 3 is 1.08 bits per heavy atom. The van der Waals surface area contributed by atoms with Crippen LogP contribution in [-0.2, 0) is 0 Å².